The second-order valence-electron chi connectivity index (χ2n) is 44.9. The quantitative estimate of drug-likeness (QED) is 0.0148. The number of carbonyl (C=O) groups excluding carboxylic acids is 7. The Hall–Kier alpha value is -4.20. The van der Waals surface area contributed by atoms with Crippen molar-refractivity contribution in [1.82, 2.24) is 21.3 Å². The zero-order valence-electron chi connectivity index (χ0n) is 93.7. The third-order valence-corrected chi connectivity index (χ3v) is 47.5. The predicted molar refractivity (Wildman–Crippen MR) is 606 cm³/mol. The Labute approximate surface area is 864 Å². The van der Waals surface area contributed by atoms with Crippen LogP contribution in [0.2, 0.25) is 72.5 Å². The number of thioether (sulfide) groups is 2. The van der Waals surface area contributed by atoms with Crippen LogP contribution in [0.5, 0.6) is 0 Å². The highest BCUT2D eigenvalue weighted by molar-refractivity contribution is 8.13. The first kappa shape index (κ1) is 137. The lowest BCUT2D eigenvalue weighted by atomic mass is 10.0. The number of Topliss-reactive ketones (excluding diaryl/α,β-unsaturated/α-hetero) is 1. The smallest absolute Gasteiger partial charge is 0.220 e. The van der Waals surface area contributed by atoms with Gasteiger partial charge in [-0.3, -0.25) is 33.6 Å². The molecule has 806 valence electrons. The highest BCUT2D eigenvalue weighted by Crippen LogP contribution is 2.40. The summed E-state index contributed by atoms with van der Waals surface area (Å²) in [5, 5.41) is 43.4. The van der Waals surface area contributed by atoms with E-state index in [2.05, 4.69) is 184 Å². The first-order valence-electron chi connectivity index (χ1n) is 54.9. The average Bonchev–Trinajstić information content (AvgIpc) is 0.837. The van der Waals surface area contributed by atoms with Crippen LogP contribution in [-0.2, 0) is 46.5 Å². The van der Waals surface area contributed by atoms with Gasteiger partial charge in [0.15, 0.2) is 49.3 Å². The van der Waals surface area contributed by atoms with Gasteiger partial charge in [-0.2, -0.15) is 0 Å². The van der Waals surface area contributed by atoms with E-state index in [1.165, 1.54) is 203 Å². The number of aliphatic hydroxyl groups excluding tert-OH is 3. The summed E-state index contributed by atoms with van der Waals surface area (Å²) in [6.45, 7) is 58.6. The molecule has 9 N–H and O–H groups in total. The Bertz CT molecular complexity index is 3560. The van der Waals surface area contributed by atoms with Crippen molar-refractivity contribution in [2.75, 3.05) is 44.5 Å². The number of nitrogens with one attached hydrogen (secondary N) is 4. The van der Waals surface area contributed by atoms with E-state index in [1.54, 1.807) is 0 Å². The van der Waals surface area contributed by atoms with Gasteiger partial charge in [-0.05, 0) is 134 Å². The van der Waals surface area contributed by atoms with Gasteiger partial charge in [-0.15, -0.1) is 0 Å². The van der Waals surface area contributed by atoms with Crippen molar-refractivity contribution in [2.24, 2.45) is 5.73 Å². The molecule has 0 saturated carbocycles. The molecule has 0 saturated heterocycles. The van der Waals surface area contributed by atoms with Crippen LogP contribution in [0, 0.1) is 0 Å². The topological polar surface area (TPSA) is 291 Å². The van der Waals surface area contributed by atoms with E-state index in [0.29, 0.717) is 83.4 Å². The molecule has 0 spiro atoms. The molecule has 0 heterocycles. The third kappa shape index (κ3) is 71.9. The number of benzene rings is 3. The molecular formula is C114H213N5O14S2Si4. The minimum absolute atomic E-state index is 0.0302. The van der Waals surface area contributed by atoms with Crippen molar-refractivity contribution in [3.63, 3.8) is 0 Å². The Morgan fingerprint density at radius 1 is 0.317 bits per heavy atom. The van der Waals surface area contributed by atoms with Crippen LogP contribution in [0.4, 0.5) is 0 Å². The molecule has 7 atom stereocenters. The summed E-state index contributed by atoms with van der Waals surface area (Å²) < 4.78 is 25.1. The summed E-state index contributed by atoms with van der Waals surface area (Å²) >= 11 is 2.66. The van der Waals surface area contributed by atoms with Crippen LogP contribution in [0.1, 0.15) is 447 Å². The van der Waals surface area contributed by atoms with Crippen molar-refractivity contribution < 1.29 is 66.6 Å². The van der Waals surface area contributed by atoms with Gasteiger partial charge in [0.25, 0.3) is 0 Å². The van der Waals surface area contributed by atoms with Crippen molar-refractivity contribution in [1.29, 1.82) is 0 Å². The van der Waals surface area contributed by atoms with Gasteiger partial charge >= 0.3 is 0 Å². The fourth-order valence-corrected chi connectivity index (χ4v) is 19.9. The summed E-state index contributed by atoms with van der Waals surface area (Å²) in [7, 11) is -7.54. The molecule has 0 aromatic heterocycles. The van der Waals surface area contributed by atoms with E-state index in [1.807, 2.05) is 105 Å². The molecule has 3 aromatic carbocycles. The Kier molecular flexibility index (Phi) is 78.7. The predicted octanol–water partition coefficient (Wildman–Crippen LogP) is 29.8. The summed E-state index contributed by atoms with van der Waals surface area (Å²) in [6.07, 6.45) is 47.0. The van der Waals surface area contributed by atoms with E-state index in [0.717, 1.165) is 74.0 Å². The zero-order valence-corrected chi connectivity index (χ0v) is 99.3. The SMILES string of the molecule is CCCCCCCCCCCC(=O)NC(CO)C[C@@H](O)c1ccccc1.CCCCCCCCCCCC(=O)NC(CO[Si](C)(C)C(C)(C)C)CC(=O)SCC.CCCCCCCCCCCC(=O)NC(CO[Si](C)(C)C(C)(C)C)CC(=O)c1ccccc1.CCCCCCCCCCCC(=O)NC(CO[Si](C)(C)C(C)(C)C)C[C@@H](O)c1ccccc1.CCSC(=O)CC(N)CO[Si](C)(C)C(C)(C)C. The molecule has 4 amide bonds. The van der Waals surface area contributed by atoms with Crippen molar-refractivity contribution in [3.05, 3.63) is 108 Å². The number of hydrogen-bond acceptors (Lipinski definition) is 17. The lowest BCUT2D eigenvalue weighted by molar-refractivity contribution is -0.123. The minimum atomic E-state index is -1.96. The fourth-order valence-electron chi connectivity index (χ4n) is 14.4. The number of carbonyl (C=O) groups is 7. The second kappa shape index (κ2) is 79.9. The van der Waals surface area contributed by atoms with Gasteiger partial charge in [0, 0.05) is 63.2 Å². The Morgan fingerprint density at radius 3 is 0.820 bits per heavy atom. The molecule has 25 heteroatoms. The van der Waals surface area contributed by atoms with Crippen LogP contribution >= 0.6 is 23.5 Å². The van der Waals surface area contributed by atoms with E-state index in [4.69, 9.17) is 23.4 Å². The summed E-state index contributed by atoms with van der Waals surface area (Å²) in [6, 6.07) is 27.0. The first-order chi connectivity index (χ1) is 65.4. The molecule has 5 unspecified atom stereocenters. The van der Waals surface area contributed by atoms with E-state index < -0.39 is 51.5 Å². The highest BCUT2D eigenvalue weighted by Gasteiger charge is 2.42. The van der Waals surface area contributed by atoms with Crippen LogP contribution in [0.25, 0.3) is 0 Å². The van der Waals surface area contributed by atoms with Gasteiger partial charge in [-0.1, -0.05) is 445 Å². The Morgan fingerprint density at radius 2 is 0.547 bits per heavy atom. The monoisotopic (exact) mass is 2050 g/mol. The van der Waals surface area contributed by atoms with Gasteiger partial charge in [0.05, 0.1) is 62.8 Å². The fraction of sp³-hybridized carbons (Fsp3) is 0.781. The highest BCUT2D eigenvalue weighted by atomic mass is 32.2. The summed E-state index contributed by atoms with van der Waals surface area (Å²) in [5.41, 5.74) is 8.28. The Balaban J connectivity index is 0. The number of nitrogens with two attached hydrogens (primary N) is 1. The lowest BCUT2D eigenvalue weighted by Crippen LogP contribution is -2.47. The van der Waals surface area contributed by atoms with E-state index in [-0.39, 0.29) is 97.0 Å². The number of unbranched alkanes of at least 4 members (excludes halogenated alkanes) is 32. The lowest BCUT2D eigenvalue weighted by Gasteiger charge is -2.37. The number of hydrogen-bond donors (Lipinski definition) is 8. The molecule has 3 aromatic rings. The second-order valence-corrected chi connectivity index (χ2v) is 66.8. The maximum atomic E-state index is 12.8. The molecule has 0 bridgehead atoms. The number of aliphatic hydroxyl groups is 3. The van der Waals surface area contributed by atoms with Crippen LogP contribution in [0.15, 0.2) is 91.0 Å². The molecule has 0 aliphatic heterocycles. The van der Waals surface area contributed by atoms with Gasteiger partial charge in [-0.25, -0.2) is 0 Å². The van der Waals surface area contributed by atoms with Gasteiger partial charge in [0.1, 0.15) is 0 Å². The zero-order chi connectivity index (χ0) is 105. The van der Waals surface area contributed by atoms with Crippen molar-refractivity contribution in [3.8, 4) is 0 Å². The average molecular weight is 2050 g/mol. The minimum Gasteiger partial charge on any atom is -0.415 e. The molecule has 0 fully saturated rings. The molecule has 139 heavy (non-hydrogen) atoms. The van der Waals surface area contributed by atoms with Gasteiger partial charge in [0.2, 0.25) is 23.6 Å². The molecule has 3 rings (SSSR count). The molecule has 0 aliphatic carbocycles. The van der Waals surface area contributed by atoms with E-state index in [9.17, 15) is 48.9 Å². The number of amides is 4. The van der Waals surface area contributed by atoms with Crippen molar-refractivity contribution in [2.45, 2.75) is 529 Å². The molecule has 0 aliphatic rings. The molecular weight excluding hydrogens is 1840 g/mol. The summed E-state index contributed by atoms with van der Waals surface area (Å²) in [5.74, 6) is 1.74. The van der Waals surface area contributed by atoms with E-state index >= 15 is 0 Å². The van der Waals surface area contributed by atoms with Crippen LogP contribution in [-0.4, -0.2) is 163 Å². The normalized spacial score (nSPS) is 13.6. The maximum absolute atomic E-state index is 12.8. The van der Waals surface area contributed by atoms with Crippen LogP contribution < -0.4 is 27.0 Å². The maximum Gasteiger partial charge on any atom is 0.220 e. The number of rotatable bonds is 72. The molecule has 0 radical (unpaired) electrons. The van der Waals surface area contributed by atoms with Crippen LogP contribution in [0.3, 0.4) is 0 Å². The van der Waals surface area contributed by atoms with Crippen molar-refractivity contribution >= 4 is 96.4 Å². The first-order valence-corrected chi connectivity index (χ1v) is 68.5. The number of ketones is 1. The molecule has 19 nitrogen and oxygen atoms in total. The van der Waals surface area contributed by atoms with Gasteiger partial charge < -0.3 is 60.0 Å². The third-order valence-electron chi connectivity index (χ3n) is 27.9. The largest absolute Gasteiger partial charge is 0.415 e. The standard InChI is InChI=1S/C28H51NO3Si.C28H49NO3Si.C24H49NO3SSi.C22H37NO3.C12H27NO2SSi/c2*1-7-8-9-10-11-12-13-14-18-21-27(31)29-25(23-32-33(5,6)28(2,3)4)22-26(30)24-19-16-15-17-20-24;1-8-10-11-12-13-14-15-16-17-18-22(26)25-21(19-23(27)29-9-2)20-28-30(6,7)24(3,4)5;1-2-3-4-5-6-7-8-9-13-16-22(26)23-20(18-24)17-21(25)19-14-11-10-12-15-19;1-7-16-11(14)8-10(13)9-15-17(5,6)12(2,3)4/h15-17,19-20,25-26,30H,7-14,18,21-23H2,1-6H3,(H,29,31);15-17,19-20,25H,7-14,18,21-23H2,1-6H3,(H,29,31);21H,8-20H2,1-7H3,(H,25,26);10-12,14-15,20-21,24-25H,2-9,13,16-18H2,1H3,(H,23,26);10H,7-9,13H2,1-6H3/t25?,26-;;;20?,21-;/m1..1./s1. The summed E-state index contributed by atoms with van der Waals surface area (Å²) in [4.78, 5) is 86.1.